The second-order valence-corrected chi connectivity index (χ2v) is 4.60. The van der Waals surface area contributed by atoms with Gasteiger partial charge < -0.3 is 9.39 Å². The maximum Gasteiger partial charge on any atom is 0.351 e. The fourth-order valence-electron chi connectivity index (χ4n) is 0.958. The number of hydrogen-bond acceptors (Lipinski definition) is 3. The van der Waals surface area contributed by atoms with Crippen LogP contribution in [0, 0.1) is 5.92 Å². The van der Waals surface area contributed by atoms with Gasteiger partial charge in [-0.05, 0) is 25.8 Å². The molecule has 0 aliphatic carbocycles. The Kier molecular flexibility index (Phi) is 4.36. The van der Waals surface area contributed by atoms with Crippen LogP contribution in [0.3, 0.4) is 0 Å². The van der Waals surface area contributed by atoms with Crippen LogP contribution in [0.25, 0.3) is 0 Å². The van der Waals surface area contributed by atoms with E-state index in [0.29, 0.717) is 11.8 Å². The zero-order valence-electron chi connectivity index (χ0n) is 10.7. The minimum atomic E-state index is -0.190. The molecule has 1 aromatic rings. The first-order chi connectivity index (χ1) is 7.45. The molecule has 1 radical (unpaired) electrons. The van der Waals surface area contributed by atoms with Crippen LogP contribution in [0.1, 0.15) is 27.7 Å². The largest absolute Gasteiger partial charge is 0.481 e. The Balaban J connectivity index is 2.60. The van der Waals surface area contributed by atoms with Crippen molar-refractivity contribution in [2.24, 2.45) is 5.92 Å². The standard InChI is InChI=1S/C12H19BNO2/c1-9(2)12(3,4)16-13-10-7-6-8-11(14-10)15-5/h6-9H,1-5H3. The molecule has 0 spiro atoms. The lowest BCUT2D eigenvalue weighted by molar-refractivity contribution is 0.0666. The molecule has 0 aliphatic rings. The summed E-state index contributed by atoms with van der Waals surface area (Å²) in [5.74, 6) is 1.04. The van der Waals surface area contributed by atoms with Gasteiger partial charge in [0.2, 0.25) is 5.88 Å². The van der Waals surface area contributed by atoms with E-state index >= 15 is 0 Å². The summed E-state index contributed by atoms with van der Waals surface area (Å²) in [7, 11) is 3.29. The van der Waals surface area contributed by atoms with Crippen LogP contribution in [0.5, 0.6) is 5.88 Å². The average Bonchev–Trinajstić information content (AvgIpc) is 2.26. The topological polar surface area (TPSA) is 31.4 Å². The highest BCUT2D eigenvalue weighted by atomic mass is 16.5. The molecule has 0 bridgehead atoms. The number of rotatable bonds is 5. The van der Waals surface area contributed by atoms with Crippen molar-refractivity contribution < 1.29 is 9.39 Å². The fourth-order valence-corrected chi connectivity index (χ4v) is 0.958. The smallest absolute Gasteiger partial charge is 0.351 e. The van der Waals surface area contributed by atoms with Crippen LogP contribution in [0.4, 0.5) is 0 Å². The van der Waals surface area contributed by atoms with Gasteiger partial charge in [0.15, 0.2) is 0 Å². The molecule has 0 fully saturated rings. The summed E-state index contributed by atoms with van der Waals surface area (Å²) in [6.45, 7) is 8.39. The van der Waals surface area contributed by atoms with Gasteiger partial charge in [0.1, 0.15) is 0 Å². The third-order valence-electron chi connectivity index (χ3n) is 2.83. The molecule has 1 rings (SSSR count). The lowest BCUT2D eigenvalue weighted by atomic mass is 9.88. The molecule has 0 aromatic carbocycles. The average molecular weight is 220 g/mol. The van der Waals surface area contributed by atoms with Crippen LogP contribution in [-0.2, 0) is 4.65 Å². The van der Waals surface area contributed by atoms with Crippen molar-refractivity contribution in [2.75, 3.05) is 7.11 Å². The summed E-state index contributed by atoms with van der Waals surface area (Å²) in [5, 5.41) is 0. The van der Waals surface area contributed by atoms with Crippen molar-refractivity contribution in [2.45, 2.75) is 33.3 Å². The van der Waals surface area contributed by atoms with Crippen LogP contribution in [0.2, 0.25) is 0 Å². The van der Waals surface area contributed by atoms with Crippen molar-refractivity contribution in [3.05, 3.63) is 18.2 Å². The molecule has 0 amide bonds. The van der Waals surface area contributed by atoms with E-state index in [9.17, 15) is 0 Å². The van der Waals surface area contributed by atoms with Crippen molar-refractivity contribution in [3.63, 3.8) is 0 Å². The molecule has 0 saturated carbocycles. The van der Waals surface area contributed by atoms with Gasteiger partial charge in [-0.3, -0.25) is 0 Å². The lowest BCUT2D eigenvalue weighted by Gasteiger charge is -2.29. The normalized spacial score (nSPS) is 11.6. The van der Waals surface area contributed by atoms with Gasteiger partial charge in [-0.15, -0.1) is 0 Å². The molecular weight excluding hydrogens is 201 g/mol. The molecule has 1 aromatic heterocycles. The summed E-state index contributed by atoms with van der Waals surface area (Å²) in [6.07, 6.45) is 0. The van der Waals surface area contributed by atoms with Gasteiger partial charge in [-0.25, -0.2) is 4.98 Å². The second-order valence-electron chi connectivity index (χ2n) is 4.60. The maximum atomic E-state index is 5.73. The molecule has 0 atom stereocenters. The van der Waals surface area contributed by atoms with E-state index in [4.69, 9.17) is 9.39 Å². The Morgan fingerprint density at radius 2 is 2.00 bits per heavy atom. The van der Waals surface area contributed by atoms with Gasteiger partial charge in [0.05, 0.1) is 7.11 Å². The molecular formula is C12H19BNO2. The number of hydrogen-bond donors (Lipinski definition) is 0. The van der Waals surface area contributed by atoms with Crippen LogP contribution >= 0.6 is 0 Å². The van der Waals surface area contributed by atoms with Gasteiger partial charge in [-0.2, -0.15) is 0 Å². The Hall–Kier alpha value is -1.03. The monoisotopic (exact) mass is 220 g/mol. The van der Waals surface area contributed by atoms with Crippen LogP contribution in [0.15, 0.2) is 18.2 Å². The van der Waals surface area contributed by atoms with Crippen molar-refractivity contribution in [3.8, 4) is 5.88 Å². The Labute approximate surface area is 98.5 Å². The quantitative estimate of drug-likeness (QED) is 0.709. The predicted molar refractivity (Wildman–Crippen MR) is 66.2 cm³/mol. The van der Waals surface area contributed by atoms with E-state index < -0.39 is 0 Å². The van der Waals surface area contributed by atoms with E-state index in [1.165, 1.54) is 0 Å². The molecule has 87 valence electrons. The molecule has 0 aliphatic heterocycles. The maximum absolute atomic E-state index is 5.73. The number of pyridine rings is 1. The van der Waals surface area contributed by atoms with E-state index in [2.05, 4.69) is 32.7 Å². The fraction of sp³-hybridized carbons (Fsp3) is 0.583. The van der Waals surface area contributed by atoms with E-state index in [0.717, 1.165) is 5.59 Å². The van der Waals surface area contributed by atoms with E-state index in [-0.39, 0.29) is 5.60 Å². The molecule has 3 nitrogen and oxygen atoms in total. The van der Waals surface area contributed by atoms with E-state index in [1.54, 1.807) is 14.6 Å². The minimum absolute atomic E-state index is 0.190. The highest BCUT2D eigenvalue weighted by Gasteiger charge is 2.23. The highest BCUT2D eigenvalue weighted by molar-refractivity contribution is 6.45. The van der Waals surface area contributed by atoms with Crippen LogP contribution < -0.4 is 10.3 Å². The third kappa shape index (κ3) is 3.52. The zero-order valence-corrected chi connectivity index (χ0v) is 10.7. The minimum Gasteiger partial charge on any atom is -0.481 e. The summed E-state index contributed by atoms with van der Waals surface area (Å²) >= 11 is 0. The Morgan fingerprint density at radius 1 is 1.31 bits per heavy atom. The Morgan fingerprint density at radius 3 is 2.56 bits per heavy atom. The molecule has 0 unspecified atom stereocenters. The van der Waals surface area contributed by atoms with Crippen LogP contribution in [-0.4, -0.2) is 25.2 Å². The second kappa shape index (κ2) is 5.35. The Bertz CT molecular complexity index is 340. The predicted octanol–water partition coefficient (Wildman–Crippen LogP) is 1.79. The summed E-state index contributed by atoms with van der Waals surface area (Å²) in [4.78, 5) is 4.25. The van der Waals surface area contributed by atoms with E-state index in [1.807, 2.05) is 18.2 Å². The van der Waals surface area contributed by atoms with Gasteiger partial charge >= 0.3 is 7.48 Å². The highest BCUT2D eigenvalue weighted by Crippen LogP contribution is 2.19. The summed E-state index contributed by atoms with van der Waals surface area (Å²) in [6, 6.07) is 5.59. The molecule has 1 heterocycles. The summed E-state index contributed by atoms with van der Waals surface area (Å²) < 4.78 is 10.8. The number of methoxy groups -OCH3 is 1. The number of nitrogens with zero attached hydrogens (tertiary/aromatic N) is 1. The molecule has 4 heteroatoms. The molecule has 0 saturated heterocycles. The first kappa shape index (κ1) is 13.0. The lowest BCUT2D eigenvalue weighted by Crippen LogP contribution is -2.36. The first-order valence-corrected chi connectivity index (χ1v) is 5.48. The van der Waals surface area contributed by atoms with Gasteiger partial charge in [0, 0.05) is 17.3 Å². The number of aromatic nitrogens is 1. The SMILES string of the molecule is COc1cccc([B]OC(C)(C)C(C)C)n1. The van der Waals surface area contributed by atoms with Crippen molar-refractivity contribution >= 4 is 13.1 Å². The molecule has 0 N–H and O–H groups in total. The number of ether oxygens (including phenoxy) is 1. The summed E-state index contributed by atoms with van der Waals surface area (Å²) in [5.41, 5.74) is 0.582. The van der Waals surface area contributed by atoms with Crippen molar-refractivity contribution in [1.29, 1.82) is 0 Å². The zero-order chi connectivity index (χ0) is 12.2. The first-order valence-electron chi connectivity index (χ1n) is 5.48. The van der Waals surface area contributed by atoms with Crippen molar-refractivity contribution in [1.82, 2.24) is 4.98 Å². The van der Waals surface area contributed by atoms with Gasteiger partial charge in [-0.1, -0.05) is 19.9 Å². The van der Waals surface area contributed by atoms with Gasteiger partial charge in [0.25, 0.3) is 0 Å². The third-order valence-corrected chi connectivity index (χ3v) is 2.83. The molecule has 16 heavy (non-hydrogen) atoms.